The molecule has 3 heterocycles. The van der Waals surface area contributed by atoms with E-state index >= 15 is 0 Å². The van der Waals surface area contributed by atoms with Crippen LogP contribution in [0.15, 0.2) is 27.9 Å². The molecule has 0 saturated carbocycles. The zero-order valence-electron chi connectivity index (χ0n) is 22.5. The van der Waals surface area contributed by atoms with Gasteiger partial charge >= 0.3 is 0 Å². The van der Waals surface area contributed by atoms with E-state index in [1.54, 1.807) is 16.7 Å². The first-order valence-electron chi connectivity index (χ1n) is 13.6. The Morgan fingerprint density at radius 2 is 1.97 bits per heavy atom. The standard InChI is InChI=1S/C28H38N4O5S/c1-4-7-21-23(18-34)32(6-3)26-25(21)29-27(30-28(26)35)22-17-20(8-9-24(22)37-16-5-2)38(36)31-13-10-19(11-14-31)12-15-33/h8-9,17-19,33H,4-7,10-16H2,1-3H3,(H,29,30,35). The van der Waals surface area contributed by atoms with Crippen LogP contribution in [0.1, 0.15) is 68.9 Å². The zero-order chi connectivity index (χ0) is 27.2. The van der Waals surface area contributed by atoms with Crippen molar-refractivity contribution in [3.63, 3.8) is 0 Å². The molecule has 1 aliphatic rings. The molecule has 206 valence electrons. The fourth-order valence-electron chi connectivity index (χ4n) is 5.26. The van der Waals surface area contributed by atoms with E-state index in [2.05, 4.69) is 4.98 Å². The molecular weight excluding hydrogens is 504 g/mol. The summed E-state index contributed by atoms with van der Waals surface area (Å²) in [4.78, 5) is 33.7. The number of aryl methyl sites for hydroxylation is 2. The molecule has 1 aliphatic heterocycles. The van der Waals surface area contributed by atoms with Gasteiger partial charge in [-0.1, -0.05) is 20.3 Å². The molecule has 0 bridgehead atoms. The number of aliphatic hydroxyl groups is 1. The van der Waals surface area contributed by atoms with Gasteiger partial charge in [-0.2, -0.15) is 0 Å². The molecule has 2 aromatic heterocycles. The van der Waals surface area contributed by atoms with Crippen molar-refractivity contribution < 1.29 is 18.8 Å². The third-order valence-electron chi connectivity index (χ3n) is 7.19. The van der Waals surface area contributed by atoms with Gasteiger partial charge in [-0.05, 0) is 63.1 Å². The summed E-state index contributed by atoms with van der Waals surface area (Å²) in [6, 6.07) is 5.39. The minimum atomic E-state index is -1.38. The monoisotopic (exact) mass is 542 g/mol. The van der Waals surface area contributed by atoms with Gasteiger partial charge in [0.2, 0.25) is 0 Å². The first kappa shape index (κ1) is 28.2. The summed E-state index contributed by atoms with van der Waals surface area (Å²) in [5.41, 5.74) is 2.42. The number of benzene rings is 1. The van der Waals surface area contributed by atoms with Gasteiger partial charge in [-0.25, -0.2) is 13.5 Å². The summed E-state index contributed by atoms with van der Waals surface area (Å²) in [5, 5.41) is 9.24. The van der Waals surface area contributed by atoms with E-state index in [9.17, 15) is 18.9 Å². The Bertz CT molecular complexity index is 1360. The van der Waals surface area contributed by atoms with E-state index in [0.717, 1.165) is 44.0 Å². The van der Waals surface area contributed by atoms with Crippen molar-refractivity contribution >= 4 is 28.3 Å². The van der Waals surface area contributed by atoms with E-state index in [-0.39, 0.29) is 12.2 Å². The van der Waals surface area contributed by atoms with Crippen LogP contribution in [0.3, 0.4) is 0 Å². The molecule has 9 nitrogen and oxygen atoms in total. The van der Waals surface area contributed by atoms with E-state index in [4.69, 9.17) is 9.72 Å². The van der Waals surface area contributed by atoms with E-state index in [0.29, 0.717) is 77.3 Å². The van der Waals surface area contributed by atoms with Gasteiger partial charge in [-0.15, -0.1) is 0 Å². The second-order valence-corrected chi connectivity index (χ2v) is 11.2. The molecule has 1 fully saturated rings. The van der Waals surface area contributed by atoms with Crippen LogP contribution in [0, 0.1) is 5.92 Å². The minimum Gasteiger partial charge on any atom is -0.493 e. The van der Waals surface area contributed by atoms with Crippen LogP contribution in [0.25, 0.3) is 22.4 Å². The molecule has 10 heteroatoms. The molecule has 1 aromatic carbocycles. The maximum absolute atomic E-state index is 13.5. The molecule has 0 amide bonds. The molecule has 2 N–H and O–H groups in total. The first-order valence-corrected chi connectivity index (χ1v) is 14.7. The number of H-pyrrole nitrogens is 1. The molecule has 0 spiro atoms. The van der Waals surface area contributed by atoms with E-state index in [1.165, 1.54) is 0 Å². The quantitative estimate of drug-likeness (QED) is 0.333. The van der Waals surface area contributed by atoms with Gasteiger partial charge < -0.3 is 19.4 Å². The highest BCUT2D eigenvalue weighted by atomic mass is 32.2. The Hall–Kier alpha value is -2.82. The van der Waals surface area contributed by atoms with Gasteiger partial charge in [0.05, 0.1) is 22.8 Å². The molecule has 0 aliphatic carbocycles. The summed E-state index contributed by atoms with van der Waals surface area (Å²) in [6.45, 7) is 8.48. The third kappa shape index (κ3) is 5.62. The van der Waals surface area contributed by atoms with Crippen LogP contribution in [0.4, 0.5) is 0 Å². The second-order valence-electron chi connectivity index (χ2n) is 9.73. The van der Waals surface area contributed by atoms with Gasteiger partial charge in [-0.3, -0.25) is 9.59 Å². The fourth-order valence-corrected chi connectivity index (χ4v) is 6.50. The smallest absolute Gasteiger partial charge is 0.275 e. The largest absolute Gasteiger partial charge is 0.493 e. The summed E-state index contributed by atoms with van der Waals surface area (Å²) < 4.78 is 23.2. The molecule has 38 heavy (non-hydrogen) atoms. The van der Waals surface area contributed by atoms with E-state index < -0.39 is 11.0 Å². The number of hydrogen-bond donors (Lipinski definition) is 2. The second kappa shape index (κ2) is 12.8. The Morgan fingerprint density at radius 1 is 1.21 bits per heavy atom. The Morgan fingerprint density at radius 3 is 2.61 bits per heavy atom. The number of piperidine rings is 1. The number of rotatable bonds is 12. The van der Waals surface area contributed by atoms with Crippen molar-refractivity contribution in [3.05, 3.63) is 39.8 Å². The summed E-state index contributed by atoms with van der Waals surface area (Å²) in [5.74, 6) is 1.34. The number of carbonyl (C=O) groups excluding carboxylic acids is 1. The van der Waals surface area contributed by atoms with E-state index in [1.807, 2.05) is 31.1 Å². The molecule has 3 aromatic rings. The number of carbonyl (C=O) groups is 1. The lowest BCUT2D eigenvalue weighted by molar-refractivity contribution is 0.111. The highest BCUT2D eigenvalue weighted by molar-refractivity contribution is 7.82. The van der Waals surface area contributed by atoms with Gasteiger partial charge in [0, 0.05) is 31.8 Å². The number of aldehydes is 1. The molecule has 0 radical (unpaired) electrons. The Labute approximate surface area is 225 Å². The summed E-state index contributed by atoms with van der Waals surface area (Å²) in [6.07, 6.45) is 5.62. The van der Waals surface area contributed by atoms with Crippen LogP contribution in [0.5, 0.6) is 5.75 Å². The molecule has 4 rings (SSSR count). The van der Waals surface area contributed by atoms with Crippen LogP contribution >= 0.6 is 0 Å². The Balaban J connectivity index is 1.79. The van der Waals surface area contributed by atoms with Crippen LogP contribution in [0.2, 0.25) is 0 Å². The third-order valence-corrected chi connectivity index (χ3v) is 8.68. The number of aromatic amines is 1. The minimum absolute atomic E-state index is 0.182. The van der Waals surface area contributed by atoms with Crippen LogP contribution < -0.4 is 10.3 Å². The highest BCUT2D eigenvalue weighted by Gasteiger charge is 2.25. The summed E-state index contributed by atoms with van der Waals surface area (Å²) in [7, 11) is -1.38. The number of nitrogens with zero attached hydrogens (tertiary/aromatic N) is 3. The topological polar surface area (TPSA) is 118 Å². The van der Waals surface area contributed by atoms with Gasteiger partial charge in [0.1, 0.15) is 33.6 Å². The van der Waals surface area contributed by atoms with Gasteiger partial charge in [0.25, 0.3) is 5.56 Å². The fraction of sp³-hybridized carbons (Fsp3) is 0.536. The zero-order valence-corrected chi connectivity index (χ0v) is 23.3. The van der Waals surface area contributed by atoms with Crippen molar-refractivity contribution in [2.24, 2.45) is 5.92 Å². The number of nitrogens with one attached hydrogen (secondary N) is 1. The average molecular weight is 543 g/mol. The van der Waals surface area contributed by atoms with Crippen molar-refractivity contribution in [3.8, 4) is 17.1 Å². The lowest BCUT2D eigenvalue weighted by Crippen LogP contribution is -2.35. The average Bonchev–Trinajstić information content (AvgIpc) is 3.25. The summed E-state index contributed by atoms with van der Waals surface area (Å²) >= 11 is 0. The molecule has 1 saturated heterocycles. The SMILES string of the molecule is CCCOc1ccc(S(=O)N2CCC(CCO)CC2)cc1-c1nc2c(CCC)c(C=O)n(CC)c2c(=O)[nH]1. The number of fused-ring (bicyclic) bond motifs is 1. The van der Waals surface area contributed by atoms with Gasteiger partial charge in [0.15, 0.2) is 6.29 Å². The predicted octanol–water partition coefficient (Wildman–Crippen LogP) is 4.08. The van der Waals surface area contributed by atoms with Crippen LogP contribution in [-0.2, 0) is 24.0 Å². The predicted molar refractivity (Wildman–Crippen MR) is 149 cm³/mol. The maximum atomic E-state index is 13.5. The lowest BCUT2D eigenvalue weighted by Gasteiger charge is -2.30. The number of aliphatic hydroxyl groups excluding tert-OH is 1. The lowest BCUT2D eigenvalue weighted by atomic mass is 9.95. The van der Waals surface area contributed by atoms with Crippen molar-refractivity contribution in [2.45, 2.75) is 70.7 Å². The number of aromatic nitrogens is 3. The van der Waals surface area contributed by atoms with Crippen molar-refractivity contribution in [1.82, 2.24) is 18.8 Å². The first-order chi connectivity index (χ1) is 18.5. The van der Waals surface area contributed by atoms with Crippen molar-refractivity contribution in [2.75, 3.05) is 26.3 Å². The highest BCUT2D eigenvalue weighted by Crippen LogP contribution is 2.33. The maximum Gasteiger partial charge on any atom is 0.275 e. The molecule has 1 unspecified atom stereocenters. The normalized spacial score (nSPS) is 15.7. The molecule has 1 atom stereocenters. The molecular formula is C28H38N4O5S. The number of hydrogen-bond acceptors (Lipinski definition) is 6. The Kier molecular flexibility index (Phi) is 9.51. The van der Waals surface area contributed by atoms with Crippen molar-refractivity contribution in [1.29, 1.82) is 0 Å². The van der Waals surface area contributed by atoms with Crippen LogP contribution in [-0.4, -0.2) is 60.7 Å². The number of ether oxygens (including phenoxy) is 1.